The average molecular weight is 1860 g/mol. The van der Waals surface area contributed by atoms with Gasteiger partial charge in [-0.05, 0) is 364 Å². The topological polar surface area (TPSA) is 41.1 Å². The van der Waals surface area contributed by atoms with Crippen molar-refractivity contribution in [3.63, 3.8) is 0 Å². The number of benzene rings is 24. The van der Waals surface area contributed by atoms with Crippen molar-refractivity contribution in [1.82, 2.24) is 0 Å². The fourth-order valence-corrected chi connectivity index (χ4v) is 21.0. The molecule has 24 aromatic rings. The molecule has 10 heteroatoms. The predicted octanol–water partition coefficient (Wildman–Crippen LogP) is 38.6. The molecule has 0 N–H and O–H groups in total. The van der Waals surface area contributed by atoms with E-state index in [0.29, 0.717) is 11.3 Å². The smallest absolute Gasteiger partial charge is 0.187 e. The molecule has 0 aromatic heterocycles. The van der Waals surface area contributed by atoms with Gasteiger partial charge in [-0.3, -0.25) is 0 Å². The SMILES string of the molecule is Cc1cccc(C)c1N(c1cc(-c2ccccc2)cc(-c2ccc(F)cc2)c1)c1ccc2ccc3c(N(c4cc(-c5ccccc5)cc(-c5ccc(F)cc5)c4)c4c(C)cccc4C)ccc4ccc1c2c43.[C-]#[N+]c1ccc(N(c2cc(-c3ccccc3)cc(-c3ccc(F)cc3)c2)c2ccc3ccc4c(N(c5ccc(C#N)cc5)c5cc(-c6ccccc6)cc(-c6ccc(F)cc6)c5)ccc5ccc2c3c54)cc1. The molecule has 0 unspecified atom stereocenters. The van der Waals surface area contributed by atoms with Crippen LogP contribution in [0.15, 0.2) is 473 Å². The normalized spacial score (nSPS) is 11.3. The summed E-state index contributed by atoms with van der Waals surface area (Å²) in [6.07, 6.45) is 0. The van der Waals surface area contributed by atoms with Crippen LogP contribution in [0.2, 0.25) is 0 Å². The summed E-state index contributed by atoms with van der Waals surface area (Å²) in [5, 5.41) is 23.2. The van der Waals surface area contributed by atoms with Crippen molar-refractivity contribution in [2.45, 2.75) is 27.7 Å². The summed E-state index contributed by atoms with van der Waals surface area (Å²) in [5.74, 6) is -1.13. The molecular weight excluding hydrogens is 1770 g/mol. The van der Waals surface area contributed by atoms with E-state index in [1.807, 2.05) is 146 Å². The summed E-state index contributed by atoms with van der Waals surface area (Å²) in [6.45, 7) is 16.5. The number of rotatable bonds is 20. The lowest BCUT2D eigenvalue weighted by Gasteiger charge is -2.32. The minimum Gasteiger partial charge on any atom is -0.310 e. The molecule has 0 bridgehead atoms. The lowest BCUT2D eigenvalue weighted by Crippen LogP contribution is -2.14. The van der Waals surface area contributed by atoms with Crippen molar-refractivity contribution in [3.05, 3.63) is 536 Å². The van der Waals surface area contributed by atoms with Gasteiger partial charge in [0.25, 0.3) is 0 Å². The number of hydrogen-bond acceptors (Lipinski definition) is 5. The van der Waals surface area contributed by atoms with Crippen LogP contribution >= 0.6 is 0 Å². The van der Waals surface area contributed by atoms with Gasteiger partial charge in [-0.1, -0.05) is 291 Å². The molecule has 0 spiro atoms. The fraction of sp³-hybridized carbons (Fsp3) is 0.0299. The van der Waals surface area contributed by atoms with Gasteiger partial charge in [0.15, 0.2) is 5.69 Å². The molecule has 0 saturated carbocycles. The van der Waals surface area contributed by atoms with Gasteiger partial charge in [-0.2, -0.15) is 5.26 Å². The first-order valence-electron chi connectivity index (χ1n) is 48.1. The Morgan fingerprint density at radius 3 is 0.674 bits per heavy atom. The highest BCUT2D eigenvalue weighted by atomic mass is 19.1. The van der Waals surface area contributed by atoms with E-state index in [9.17, 15) is 22.8 Å². The Bertz CT molecular complexity index is 8510. The summed E-state index contributed by atoms with van der Waals surface area (Å²) in [4.78, 5) is 13.1. The van der Waals surface area contributed by atoms with Gasteiger partial charge >= 0.3 is 0 Å². The van der Waals surface area contributed by atoms with E-state index in [4.69, 9.17) is 6.57 Å². The van der Waals surface area contributed by atoms with Crippen LogP contribution in [0.3, 0.4) is 0 Å². The number of aryl methyl sites for hydroxylation is 4. The zero-order chi connectivity index (χ0) is 97.7. The second-order valence-corrected chi connectivity index (χ2v) is 36.9. The summed E-state index contributed by atoms with van der Waals surface area (Å²) >= 11 is 0. The third-order valence-corrected chi connectivity index (χ3v) is 27.9. The number of halogens is 4. The number of nitrogens with zero attached hydrogens (tertiary/aromatic N) is 6. The van der Waals surface area contributed by atoms with Crippen LogP contribution in [0.25, 0.3) is 158 Å². The molecule has 0 saturated heterocycles. The highest BCUT2D eigenvalue weighted by Crippen LogP contribution is 2.55. The standard InChI is InChI=1S/C68H50F2N2.C66H40F2N4/c1-43-13-11-14-44(2)67(43)71(59-39-53(47-17-7-5-8-18-47)37-55(41-59)49-21-29-57(69)30-22-49)63-35-27-51-26-34-62-64(36-28-52-25-33-61(63)65(51)66(52)62)72(68-45(3)15-12-16-46(68)4)60-40-54(48-19-9-6-10-20-48)38-56(42-60)50-23-31-58(70)32-24-50;1-70-56-26-30-58(31-27-56)72(60-39-51(45-10-6-3-7-11-45)37-53(41-60)47-16-24-55(68)25-17-47)64-35-21-49-18-32-61-63(34-20-48-19-33-62(64)66(49)65(48)61)71(57-28-12-43(42-69)13-29-57)59-38-50(44-8-4-2-5-9-44)36-52(40-59)46-14-22-54(67)23-15-46/h5-42H,1-4H3;2-41H. The Labute approximate surface area is 833 Å². The summed E-state index contributed by atoms with van der Waals surface area (Å²) in [6, 6.07) is 161. The van der Waals surface area contributed by atoms with Gasteiger partial charge in [0, 0.05) is 55.7 Å². The number of anilines is 12. The van der Waals surface area contributed by atoms with Crippen molar-refractivity contribution in [2.24, 2.45) is 0 Å². The second-order valence-electron chi connectivity index (χ2n) is 36.9. The molecule has 0 heterocycles. The molecule has 0 amide bonds. The highest BCUT2D eigenvalue weighted by Gasteiger charge is 2.30. The predicted molar refractivity (Wildman–Crippen MR) is 592 cm³/mol. The fourth-order valence-electron chi connectivity index (χ4n) is 21.0. The van der Waals surface area contributed by atoms with Crippen molar-refractivity contribution in [2.75, 3.05) is 19.6 Å². The Morgan fingerprint density at radius 2 is 0.431 bits per heavy atom. The lowest BCUT2D eigenvalue weighted by atomic mass is 9.90. The quantitative estimate of drug-likeness (QED) is 0.0432. The molecule has 0 aliphatic heterocycles. The Hall–Kier alpha value is -18.7. The summed E-state index contributed by atoms with van der Waals surface area (Å²) < 4.78 is 57.6. The molecule has 0 aliphatic rings. The van der Waals surface area contributed by atoms with Gasteiger partial charge in [0.05, 0.1) is 52.3 Å². The van der Waals surface area contributed by atoms with E-state index < -0.39 is 0 Å². The third kappa shape index (κ3) is 17.0. The number of nitriles is 1. The summed E-state index contributed by atoms with van der Waals surface area (Å²) in [7, 11) is 0. The van der Waals surface area contributed by atoms with E-state index in [0.717, 1.165) is 233 Å². The average Bonchev–Trinajstić information content (AvgIpc) is 0.443. The Morgan fingerprint density at radius 1 is 0.208 bits per heavy atom. The minimum absolute atomic E-state index is 0.264. The molecule has 24 aromatic carbocycles. The summed E-state index contributed by atoms with van der Waals surface area (Å²) in [5.41, 5.74) is 33.3. The highest BCUT2D eigenvalue weighted by molar-refractivity contribution is 6.30. The van der Waals surface area contributed by atoms with E-state index in [2.05, 4.69) is 337 Å². The molecule has 0 aliphatic carbocycles. The first-order valence-corrected chi connectivity index (χ1v) is 48.1. The molecule has 0 fully saturated rings. The lowest BCUT2D eigenvalue weighted by molar-refractivity contribution is 0.627. The van der Waals surface area contributed by atoms with E-state index in [-0.39, 0.29) is 23.3 Å². The Kier molecular flexibility index (Phi) is 23.5. The van der Waals surface area contributed by atoms with Gasteiger partial charge in [0.1, 0.15) is 23.3 Å². The zero-order valence-electron chi connectivity index (χ0n) is 79.2. The van der Waals surface area contributed by atoms with E-state index in [1.165, 1.54) is 59.3 Å². The van der Waals surface area contributed by atoms with Crippen LogP contribution in [-0.2, 0) is 0 Å². The number of hydrogen-bond donors (Lipinski definition) is 0. The Balaban J connectivity index is 0.000000159. The molecule has 684 valence electrons. The molecule has 24 rings (SSSR count). The van der Waals surface area contributed by atoms with Gasteiger partial charge < -0.3 is 19.6 Å². The van der Waals surface area contributed by atoms with Gasteiger partial charge in [0.2, 0.25) is 0 Å². The van der Waals surface area contributed by atoms with Crippen molar-refractivity contribution in [1.29, 1.82) is 5.26 Å². The minimum atomic E-state index is -0.300. The molecule has 0 radical (unpaired) electrons. The van der Waals surface area contributed by atoms with Crippen LogP contribution in [0.1, 0.15) is 27.8 Å². The van der Waals surface area contributed by atoms with Crippen molar-refractivity contribution >= 4 is 139 Å². The molecular formula is C134H90F4N6. The molecule has 144 heavy (non-hydrogen) atoms. The van der Waals surface area contributed by atoms with Crippen molar-refractivity contribution < 1.29 is 17.6 Å². The van der Waals surface area contributed by atoms with Crippen LogP contribution in [0.4, 0.5) is 91.5 Å². The first kappa shape index (κ1) is 89.2. The second kappa shape index (κ2) is 37.9. The van der Waals surface area contributed by atoms with Crippen LogP contribution in [0, 0.1) is 68.9 Å². The maximum absolute atomic E-state index is 14.4. The van der Waals surface area contributed by atoms with Gasteiger partial charge in [-0.15, -0.1) is 0 Å². The third-order valence-electron chi connectivity index (χ3n) is 27.9. The van der Waals surface area contributed by atoms with Gasteiger partial charge in [-0.25, -0.2) is 22.4 Å². The van der Waals surface area contributed by atoms with E-state index in [1.54, 1.807) is 0 Å². The molecule has 0 atom stereocenters. The van der Waals surface area contributed by atoms with E-state index >= 15 is 0 Å². The van der Waals surface area contributed by atoms with Crippen molar-refractivity contribution in [3.8, 4) is 95.1 Å². The number of para-hydroxylation sites is 2. The van der Waals surface area contributed by atoms with Crippen LogP contribution in [-0.4, -0.2) is 0 Å². The zero-order valence-corrected chi connectivity index (χ0v) is 79.2. The largest absolute Gasteiger partial charge is 0.310 e. The maximum Gasteiger partial charge on any atom is 0.187 e. The first-order chi connectivity index (χ1) is 70.5. The maximum atomic E-state index is 14.4. The molecule has 6 nitrogen and oxygen atoms in total. The monoisotopic (exact) mass is 1860 g/mol. The van der Waals surface area contributed by atoms with Crippen LogP contribution < -0.4 is 19.6 Å². The van der Waals surface area contributed by atoms with Crippen LogP contribution in [0.5, 0.6) is 0 Å².